The fourth-order valence-corrected chi connectivity index (χ4v) is 3.59. The molecule has 21 heavy (non-hydrogen) atoms. The number of nitrogens with two attached hydrogens (primary N) is 1. The van der Waals surface area contributed by atoms with Crippen molar-refractivity contribution >= 4 is 23.4 Å². The summed E-state index contributed by atoms with van der Waals surface area (Å²) < 4.78 is 0. The first kappa shape index (κ1) is 13.8. The van der Waals surface area contributed by atoms with Crippen LogP contribution in [0.25, 0.3) is 0 Å². The molecule has 0 spiro atoms. The van der Waals surface area contributed by atoms with Gasteiger partial charge in [-0.2, -0.15) is 0 Å². The third-order valence-corrected chi connectivity index (χ3v) is 4.81. The van der Waals surface area contributed by atoms with Gasteiger partial charge in [0.15, 0.2) is 0 Å². The van der Waals surface area contributed by atoms with Gasteiger partial charge in [-0.3, -0.25) is 4.79 Å². The van der Waals surface area contributed by atoms with Gasteiger partial charge in [-0.05, 0) is 36.2 Å². The number of nitrogen functional groups attached to an aromatic ring is 1. The highest BCUT2D eigenvalue weighted by Gasteiger charge is 2.27. The largest absolute Gasteiger partial charge is 0.508 e. The van der Waals surface area contributed by atoms with Crippen molar-refractivity contribution in [1.29, 1.82) is 0 Å². The van der Waals surface area contributed by atoms with E-state index in [0.717, 1.165) is 6.42 Å². The van der Waals surface area contributed by atoms with Crippen molar-refractivity contribution in [1.82, 2.24) is 5.32 Å². The number of hydrogen-bond donors (Lipinski definition) is 3. The summed E-state index contributed by atoms with van der Waals surface area (Å²) in [5.41, 5.74) is 8.10. The molecule has 3 rings (SSSR count). The van der Waals surface area contributed by atoms with Crippen LogP contribution in [0.5, 0.6) is 5.75 Å². The molecular weight excluding hydrogens is 284 g/mol. The number of phenolic OH excluding ortho intramolecular Hbond substituents is 1. The Balaban J connectivity index is 1.62. The minimum Gasteiger partial charge on any atom is -0.508 e. The molecule has 1 unspecified atom stereocenters. The van der Waals surface area contributed by atoms with E-state index in [2.05, 4.69) is 11.4 Å². The lowest BCUT2D eigenvalue weighted by Gasteiger charge is -2.11. The lowest BCUT2D eigenvalue weighted by Crippen LogP contribution is -2.32. The zero-order valence-electron chi connectivity index (χ0n) is 11.4. The van der Waals surface area contributed by atoms with E-state index in [9.17, 15) is 9.90 Å². The van der Waals surface area contributed by atoms with Gasteiger partial charge in [-0.25, -0.2) is 0 Å². The van der Waals surface area contributed by atoms with Crippen molar-refractivity contribution in [3.05, 3.63) is 53.6 Å². The van der Waals surface area contributed by atoms with Gasteiger partial charge in [0.25, 0.3) is 0 Å². The monoisotopic (exact) mass is 300 g/mol. The molecule has 0 fully saturated rings. The van der Waals surface area contributed by atoms with E-state index in [1.54, 1.807) is 23.9 Å². The molecule has 0 aromatic heterocycles. The molecule has 108 valence electrons. The van der Waals surface area contributed by atoms with Crippen LogP contribution in [0.2, 0.25) is 0 Å². The molecule has 0 aliphatic carbocycles. The van der Waals surface area contributed by atoms with Crippen LogP contribution in [0.4, 0.5) is 5.69 Å². The second-order valence-electron chi connectivity index (χ2n) is 5.02. The summed E-state index contributed by atoms with van der Waals surface area (Å²) in [6.45, 7) is 0.281. The van der Waals surface area contributed by atoms with Crippen LogP contribution in [0.1, 0.15) is 11.1 Å². The second-order valence-corrected chi connectivity index (χ2v) is 6.27. The Labute approximate surface area is 127 Å². The molecule has 5 heteroatoms. The third-order valence-electron chi connectivity index (χ3n) is 3.50. The minimum absolute atomic E-state index is 0.0157. The van der Waals surface area contributed by atoms with Crippen molar-refractivity contribution < 1.29 is 9.90 Å². The number of aromatic hydroxyl groups is 1. The van der Waals surface area contributed by atoms with E-state index in [-0.39, 0.29) is 23.5 Å². The van der Waals surface area contributed by atoms with Crippen LogP contribution >= 0.6 is 11.8 Å². The molecule has 4 nitrogen and oxygen atoms in total. The van der Waals surface area contributed by atoms with Crippen LogP contribution in [0.3, 0.4) is 0 Å². The predicted molar refractivity (Wildman–Crippen MR) is 84.2 cm³/mol. The van der Waals surface area contributed by atoms with Gasteiger partial charge in [-0.1, -0.05) is 18.2 Å². The molecule has 4 N–H and O–H groups in total. The molecule has 0 bridgehead atoms. The lowest BCUT2D eigenvalue weighted by atomic mass is 10.1. The van der Waals surface area contributed by atoms with E-state index in [1.807, 2.05) is 18.2 Å². The van der Waals surface area contributed by atoms with Gasteiger partial charge >= 0.3 is 0 Å². The summed E-state index contributed by atoms with van der Waals surface area (Å²) in [4.78, 5) is 13.4. The summed E-state index contributed by atoms with van der Waals surface area (Å²) in [6, 6.07) is 12.9. The Morgan fingerprint density at radius 1 is 1.33 bits per heavy atom. The fourth-order valence-electron chi connectivity index (χ4n) is 2.37. The number of rotatable bonds is 3. The molecular formula is C16H16N2O2S. The zero-order valence-corrected chi connectivity index (χ0v) is 12.2. The van der Waals surface area contributed by atoms with E-state index in [4.69, 9.17) is 5.73 Å². The summed E-state index contributed by atoms with van der Waals surface area (Å²) in [5.74, 6) is 0.130. The molecule has 1 atom stereocenters. The van der Waals surface area contributed by atoms with Gasteiger partial charge < -0.3 is 16.2 Å². The maximum absolute atomic E-state index is 12.2. The standard InChI is InChI=1S/C16H16N2O2S/c17-12-5-6-13(19)11(7-12)9-18-16(20)15-8-10-3-1-2-4-14(10)21-15/h1-7,15,19H,8-9,17H2,(H,18,20). The number of carbonyl (C=O) groups is 1. The van der Waals surface area contributed by atoms with Crippen molar-refractivity contribution in [2.45, 2.75) is 23.1 Å². The van der Waals surface area contributed by atoms with E-state index >= 15 is 0 Å². The van der Waals surface area contributed by atoms with Gasteiger partial charge in [0.1, 0.15) is 5.75 Å². The Kier molecular flexibility index (Phi) is 3.75. The van der Waals surface area contributed by atoms with E-state index < -0.39 is 0 Å². The van der Waals surface area contributed by atoms with Gasteiger partial charge in [0.2, 0.25) is 5.91 Å². The molecule has 0 saturated heterocycles. The highest BCUT2D eigenvalue weighted by Crippen LogP contribution is 2.36. The smallest absolute Gasteiger partial charge is 0.234 e. The van der Waals surface area contributed by atoms with Crippen LogP contribution < -0.4 is 11.1 Å². The summed E-state index contributed by atoms with van der Waals surface area (Å²) in [5, 5.41) is 12.5. The number of hydrogen-bond acceptors (Lipinski definition) is 4. The van der Waals surface area contributed by atoms with Crippen molar-refractivity contribution in [3.8, 4) is 5.75 Å². The number of nitrogens with one attached hydrogen (secondary N) is 1. The van der Waals surface area contributed by atoms with Crippen molar-refractivity contribution in [3.63, 3.8) is 0 Å². The van der Waals surface area contributed by atoms with Gasteiger partial charge in [-0.15, -0.1) is 11.8 Å². The SMILES string of the molecule is Nc1ccc(O)c(CNC(=O)C2Cc3ccccc3S2)c1. The molecule has 2 aromatic carbocycles. The highest BCUT2D eigenvalue weighted by molar-refractivity contribution is 8.01. The summed E-state index contributed by atoms with van der Waals surface area (Å²) in [7, 11) is 0. The highest BCUT2D eigenvalue weighted by atomic mass is 32.2. The second kappa shape index (κ2) is 5.69. The van der Waals surface area contributed by atoms with Crippen LogP contribution in [0, 0.1) is 0 Å². The topological polar surface area (TPSA) is 75.3 Å². The quantitative estimate of drug-likeness (QED) is 0.600. The Morgan fingerprint density at radius 2 is 2.14 bits per heavy atom. The number of benzene rings is 2. The maximum Gasteiger partial charge on any atom is 0.234 e. The normalized spacial score (nSPS) is 16.5. The average molecular weight is 300 g/mol. The first-order valence-electron chi connectivity index (χ1n) is 6.73. The maximum atomic E-state index is 12.2. The van der Waals surface area contributed by atoms with Crippen molar-refractivity contribution in [2.75, 3.05) is 5.73 Å². The lowest BCUT2D eigenvalue weighted by molar-refractivity contribution is -0.120. The van der Waals surface area contributed by atoms with E-state index in [0.29, 0.717) is 11.3 Å². The predicted octanol–water partition coefficient (Wildman–Crippen LogP) is 2.31. The van der Waals surface area contributed by atoms with Crippen molar-refractivity contribution in [2.24, 2.45) is 0 Å². The first-order chi connectivity index (χ1) is 10.1. The molecule has 1 amide bonds. The van der Waals surface area contributed by atoms with Gasteiger partial charge in [0.05, 0.1) is 5.25 Å². The van der Waals surface area contributed by atoms with E-state index in [1.165, 1.54) is 16.5 Å². The molecule has 0 radical (unpaired) electrons. The summed E-state index contributed by atoms with van der Waals surface area (Å²) in [6.07, 6.45) is 0.746. The molecule has 1 heterocycles. The first-order valence-corrected chi connectivity index (χ1v) is 7.61. The number of amides is 1. The van der Waals surface area contributed by atoms with Crippen LogP contribution in [-0.2, 0) is 17.8 Å². The Morgan fingerprint density at radius 3 is 2.95 bits per heavy atom. The number of phenols is 1. The van der Waals surface area contributed by atoms with Crippen LogP contribution in [-0.4, -0.2) is 16.3 Å². The van der Waals surface area contributed by atoms with Gasteiger partial charge in [0, 0.05) is 22.7 Å². The number of thioether (sulfide) groups is 1. The minimum atomic E-state index is -0.106. The Hall–Kier alpha value is -2.14. The van der Waals surface area contributed by atoms with Crippen LogP contribution in [0.15, 0.2) is 47.4 Å². The zero-order chi connectivity index (χ0) is 14.8. The number of anilines is 1. The fraction of sp³-hybridized carbons (Fsp3) is 0.188. The number of carbonyl (C=O) groups excluding carboxylic acids is 1. The molecule has 1 aliphatic rings. The third kappa shape index (κ3) is 2.97. The molecule has 2 aromatic rings. The average Bonchev–Trinajstić information content (AvgIpc) is 2.92. The molecule has 1 aliphatic heterocycles. The molecule has 0 saturated carbocycles. The Bertz CT molecular complexity index is 663. The summed E-state index contributed by atoms with van der Waals surface area (Å²) >= 11 is 1.59. The number of fused-ring (bicyclic) bond motifs is 1.